The van der Waals surface area contributed by atoms with Crippen molar-refractivity contribution < 1.29 is 33.3 Å². The third-order valence-electron chi connectivity index (χ3n) is 6.59. The first kappa shape index (κ1) is 35.5. The Morgan fingerprint density at radius 1 is 1.05 bits per heavy atom. The van der Waals surface area contributed by atoms with E-state index in [1.54, 1.807) is 43.4 Å². The monoisotopic (exact) mass is 619 g/mol. The van der Waals surface area contributed by atoms with Gasteiger partial charge in [-0.15, -0.1) is 0 Å². The molecule has 2 aromatic rings. The summed E-state index contributed by atoms with van der Waals surface area (Å²) in [6.45, 7) is 6.71. The van der Waals surface area contributed by atoms with Crippen molar-refractivity contribution in [3.63, 3.8) is 0 Å². The van der Waals surface area contributed by atoms with E-state index in [-0.39, 0.29) is 11.7 Å². The van der Waals surface area contributed by atoms with Gasteiger partial charge in [0.05, 0.1) is 18.8 Å². The van der Waals surface area contributed by atoms with Gasteiger partial charge in [0.25, 0.3) is 5.91 Å². The van der Waals surface area contributed by atoms with Gasteiger partial charge in [0.15, 0.2) is 6.10 Å². The van der Waals surface area contributed by atoms with E-state index in [2.05, 4.69) is 36.7 Å². The van der Waals surface area contributed by atoms with Crippen molar-refractivity contribution in [3.05, 3.63) is 94.1 Å². The van der Waals surface area contributed by atoms with Gasteiger partial charge in [0, 0.05) is 24.6 Å². The first-order chi connectivity index (χ1) is 20.2. The van der Waals surface area contributed by atoms with E-state index < -0.39 is 30.6 Å². The fourth-order valence-electron chi connectivity index (χ4n) is 3.97. The van der Waals surface area contributed by atoms with Crippen LogP contribution in [0.5, 0.6) is 5.75 Å². The fraction of sp³-hybridized carbons (Fsp3) is 0.375. The minimum Gasteiger partial charge on any atom is -0.479 e. The van der Waals surface area contributed by atoms with Gasteiger partial charge in [-0.05, 0) is 80.1 Å². The highest BCUT2D eigenvalue weighted by Gasteiger charge is 2.23. The maximum absolute atomic E-state index is 13.4. The molecule has 0 aromatic heterocycles. The Hall–Kier alpha value is -3.73. The molecule has 0 saturated carbocycles. The molecule has 0 saturated heterocycles. The molecule has 2 aromatic carbocycles. The molecule has 4 N–H and O–H groups in total. The Morgan fingerprint density at radius 2 is 1.65 bits per heavy atom. The standard InChI is InChI=1S/C32H40ClF2N3O5/c1-21(7-6-8-23(3)33)22(2)9-18-28(25-14-16-27(17-15-25)43-32(4,34)35)38(36-5)20-24-10-12-26(13-11-24)30(40)37-19-29(39)31(41)42/h7-8,10-18,22,29,36,39H,6,9,19-20H2,1-5H3,(H,37,40)(H,41,42)/b21-7+,23-8+,28-18-. The fourth-order valence-corrected chi connectivity index (χ4v) is 4.06. The molecule has 0 bridgehead atoms. The number of ether oxygens (including phenoxy) is 1. The van der Waals surface area contributed by atoms with E-state index in [9.17, 15) is 23.5 Å². The molecule has 2 atom stereocenters. The number of aliphatic carboxylic acids is 1. The molecule has 1 amide bonds. The number of carboxylic acids is 1. The lowest BCUT2D eigenvalue weighted by Crippen LogP contribution is -2.36. The van der Waals surface area contributed by atoms with Crippen LogP contribution < -0.4 is 15.5 Å². The number of halogens is 3. The lowest BCUT2D eigenvalue weighted by molar-refractivity contribution is -0.159. The summed E-state index contributed by atoms with van der Waals surface area (Å²) in [6.07, 6.45) is 2.61. The molecule has 11 heteroatoms. The number of aliphatic hydroxyl groups excluding tert-OH is 1. The van der Waals surface area contributed by atoms with E-state index >= 15 is 0 Å². The number of allylic oxidation sites excluding steroid dienone is 5. The van der Waals surface area contributed by atoms with Crippen LogP contribution in [0.1, 0.15) is 62.0 Å². The predicted octanol–water partition coefficient (Wildman–Crippen LogP) is 6.34. The first-order valence-corrected chi connectivity index (χ1v) is 14.2. The van der Waals surface area contributed by atoms with Crippen LogP contribution in [0.25, 0.3) is 5.70 Å². The number of nitrogens with zero attached hydrogens (tertiary/aromatic N) is 1. The number of hydrogen-bond acceptors (Lipinski definition) is 6. The van der Waals surface area contributed by atoms with Crippen LogP contribution in [-0.2, 0) is 11.3 Å². The van der Waals surface area contributed by atoms with Gasteiger partial charge in [-0.2, -0.15) is 8.78 Å². The lowest BCUT2D eigenvalue weighted by Gasteiger charge is -2.28. The highest BCUT2D eigenvalue weighted by atomic mass is 35.5. The normalized spacial score (nSPS) is 14.2. The van der Waals surface area contributed by atoms with Crippen LogP contribution in [-0.4, -0.2) is 52.9 Å². The zero-order valence-corrected chi connectivity index (χ0v) is 25.8. The molecule has 0 radical (unpaired) electrons. The van der Waals surface area contributed by atoms with Crippen molar-refractivity contribution in [3.8, 4) is 5.75 Å². The highest BCUT2D eigenvalue weighted by molar-refractivity contribution is 6.29. The molecular weight excluding hydrogens is 580 g/mol. The molecule has 0 fully saturated rings. The van der Waals surface area contributed by atoms with Crippen molar-refractivity contribution in [2.45, 2.75) is 59.3 Å². The van der Waals surface area contributed by atoms with E-state index in [0.717, 1.165) is 28.3 Å². The van der Waals surface area contributed by atoms with Gasteiger partial charge >= 0.3 is 12.1 Å². The molecule has 0 spiro atoms. The van der Waals surface area contributed by atoms with Gasteiger partial charge in [-0.1, -0.05) is 54.5 Å². The number of alkyl halides is 2. The third-order valence-corrected chi connectivity index (χ3v) is 6.74. The second-order valence-electron chi connectivity index (χ2n) is 10.2. The number of rotatable bonds is 16. The largest absolute Gasteiger partial charge is 0.479 e. The topological polar surface area (TPSA) is 111 Å². The van der Waals surface area contributed by atoms with E-state index in [4.69, 9.17) is 21.4 Å². The molecule has 2 rings (SSSR count). The summed E-state index contributed by atoms with van der Waals surface area (Å²) in [4.78, 5) is 23.1. The summed E-state index contributed by atoms with van der Waals surface area (Å²) >= 11 is 5.95. The summed E-state index contributed by atoms with van der Waals surface area (Å²) in [5.41, 5.74) is 7.18. The number of hydrazine groups is 1. The van der Waals surface area contributed by atoms with Crippen LogP contribution in [0.4, 0.5) is 8.78 Å². The minimum absolute atomic E-state index is 0.0473. The Labute approximate surface area is 256 Å². The number of carbonyl (C=O) groups excluding carboxylic acids is 1. The molecule has 8 nitrogen and oxygen atoms in total. The first-order valence-electron chi connectivity index (χ1n) is 13.8. The summed E-state index contributed by atoms with van der Waals surface area (Å²) in [5.74, 6) is -1.66. The smallest absolute Gasteiger partial charge is 0.394 e. The summed E-state index contributed by atoms with van der Waals surface area (Å²) in [7, 11) is 1.77. The maximum Gasteiger partial charge on any atom is 0.394 e. The van der Waals surface area contributed by atoms with Crippen LogP contribution in [0.2, 0.25) is 0 Å². The van der Waals surface area contributed by atoms with Gasteiger partial charge < -0.3 is 25.3 Å². The van der Waals surface area contributed by atoms with E-state index in [0.29, 0.717) is 25.5 Å². The zero-order valence-electron chi connectivity index (χ0n) is 25.0. The van der Waals surface area contributed by atoms with Crippen molar-refractivity contribution in [2.75, 3.05) is 13.6 Å². The Balaban J connectivity index is 2.30. The third kappa shape index (κ3) is 12.6. The Kier molecular flexibility index (Phi) is 13.8. The van der Waals surface area contributed by atoms with Crippen molar-refractivity contribution >= 4 is 29.2 Å². The molecule has 234 valence electrons. The summed E-state index contributed by atoms with van der Waals surface area (Å²) < 4.78 is 31.4. The quantitative estimate of drug-likeness (QED) is 0.128. The Morgan fingerprint density at radius 3 is 2.19 bits per heavy atom. The van der Waals surface area contributed by atoms with Crippen molar-refractivity contribution in [2.24, 2.45) is 5.92 Å². The second kappa shape index (κ2) is 16.8. The number of carboxylic acid groups (broad SMARTS) is 1. The van der Waals surface area contributed by atoms with Crippen LogP contribution >= 0.6 is 11.6 Å². The molecule has 0 aliphatic carbocycles. The number of amides is 1. The SMILES string of the molecule is CNN(Cc1ccc(C(=O)NCC(O)C(=O)O)cc1)/C(=C\CC(C)/C(C)=C/C/C=C(\C)Cl)c1ccc(OC(C)(F)F)cc1. The Bertz CT molecular complexity index is 1300. The molecule has 0 aliphatic rings. The van der Waals surface area contributed by atoms with Gasteiger partial charge in [0.1, 0.15) is 5.75 Å². The number of hydrogen-bond donors (Lipinski definition) is 4. The maximum atomic E-state index is 13.4. The van der Waals surface area contributed by atoms with Gasteiger partial charge in [0.2, 0.25) is 0 Å². The van der Waals surface area contributed by atoms with E-state index in [1.165, 1.54) is 17.7 Å². The zero-order chi connectivity index (χ0) is 32.2. The van der Waals surface area contributed by atoms with E-state index in [1.807, 2.05) is 18.0 Å². The average molecular weight is 620 g/mol. The van der Waals surface area contributed by atoms with Gasteiger partial charge in [-0.3, -0.25) is 4.79 Å². The minimum atomic E-state index is -3.30. The summed E-state index contributed by atoms with van der Waals surface area (Å²) in [5, 5.41) is 23.2. The molecule has 43 heavy (non-hydrogen) atoms. The second-order valence-corrected chi connectivity index (χ2v) is 10.8. The van der Waals surface area contributed by atoms with Crippen molar-refractivity contribution in [1.29, 1.82) is 0 Å². The summed E-state index contributed by atoms with van der Waals surface area (Å²) in [6, 6.07) is 13.2. The molecule has 0 heterocycles. The van der Waals surface area contributed by atoms with Crippen LogP contribution in [0.15, 0.2) is 77.4 Å². The predicted molar refractivity (Wildman–Crippen MR) is 164 cm³/mol. The van der Waals surface area contributed by atoms with Gasteiger partial charge in [-0.25, -0.2) is 10.2 Å². The number of benzene rings is 2. The average Bonchev–Trinajstić information content (AvgIpc) is 2.94. The highest BCUT2D eigenvalue weighted by Crippen LogP contribution is 2.28. The lowest BCUT2D eigenvalue weighted by atomic mass is 9.96. The van der Waals surface area contributed by atoms with Crippen LogP contribution in [0.3, 0.4) is 0 Å². The van der Waals surface area contributed by atoms with Crippen molar-refractivity contribution in [1.82, 2.24) is 15.8 Å². The molecular formula is C32H40ClF2N3O5. The number of aliphatic hydroxyl groups is 1. The number of carbonyl (C=O) groups is 2. The van der Waals surface area contributed by atoms with Crippen LogP contribution in [0, 0.1) is 5.92 Å². The number of nitrogens with one attached hydrogen (secondary N) is 2. The molecule has 2 unspecified atom stereocenters. The molecule has 0 aliphatic heterocycles.